The third-order valence-electron chi connectivity index (χ3n) is 12.6. The van der Waals surface area contributed by atoms with E-state index in [9.17, 15) is 28.5 Å². The van der Waals surface area contributed by atoms with Gasteiger partial charge in [-0.05, 0) is 111 Å². The standard InChI is InChI=1S/C46H54N5O8P/c1-3-23-58-45(56)30(2)49-60(57,59-38-10-5-4-6-11-38)29-31-13-14-32-15-16-34(25-35(32)24-31)42(53)48-39-12-8-7-9-37-17-18-40(51(37)43(39)54)44(55)50-28-36(27-46(50)20-21-46)33-19-22-47-41(52)26-33/h4-6,10-11,13-16,19,22,24-26,30,36-37,39-40H,3,7-9,12,17-18,20-21,23,27-29H2,1-2H3,(H,47,52)(H,48,53)(H,49,57)/t30-,36-,37-,39-,40-,60?/m0/s1. The lowest BCUT2D eigenvalue weighted by atomic mass is 9.96. The summed E-state index contributed by atoms with van der Waals surface area (Å²) in [7, 11) is -3.72. The fourth-order valence-electron chi connectivity index (χ4n) is 9.46. The number of hydrogen-bond donors (Lipinski definition) is 3. The van der Waals surface area contributed by atoms with Crippen molar-refractivity contribution in [3.8, 4) is 5.75 Å². The average molecular weight is 836 g/mol. The minimum Gasteiger partial charge on any atom is -0.465 e. The maximum Gasteiger partial charge on any atom is 0.323 e. The number of nitrogens with zero attached hydrogens (tertiary/aromatic N) is 2. The number of ether oxygens (including phenoxy) is 1. The van der Waals surface area contributed by atoms with Crippen LogP contribution in [0.2, 0.25) is 0 Å². The summed E-state index contributed by atoms with van der Waals surface area (Å²) in [5.41, 5.74) is 1.59. The maximum atomic E-state index is 14.5. The zero-order valence-electron chi connectivity index (χ0n) is 34.3. The lowest BCUT2D eigenvalue weighted by Crippen LogP contribution is -2.57. The highest BCUT2D eigenvalue weighted by molar-refractivity contribution is 7.56. The van der Waals surface area contributed by atoms with Crippen LogP contribution in [-0.2, 0) is 29.8 Å². The molecule has 1 aromatic heterocycles. The first kappa shape index (κ1) is 41.5. The Hall–Kier alpha value is -5.26. The summed E-state index contributed by atoms with van der Waals surface area (Å²) in [6.45, 7) is 4.27. The molecule has 0 radical (unpaired) electrons. The molecule has 3 amide bonds. The minimum absolute atomic E-state index is 0.0218. The van der Waals surface area contributed by atoms with Gasteiger partial charge in [0.05, 0.1) is 12.8 Å². The predicted molar refractivity (Wildman–Crippen MR) is 228 cm³/mol. The van der Waals surface area contributed by atoms with E-state index in [0.717, 1.165) is 61.3 Å². The number of rotatable bonds is 13. The number of para-hydroxylation sites is 1. The normalized spacial score (nSPS) is 23.6. The van der Waals surface area contributed by atoms with Gasteiger partial charge in [0.15, 0.2) is 0 Å². The molecule has 4 aliphatic rings. The van der Waals surface area contributed by atoms with Crippen LogP contribution in [-0.4, -0.2) is 81.3 Å². The van der Waals surface area contributed by atoms with Crippen LogP contribution in [0.3, 0.4) is 0 Å². The van der Waals surface area contributed by atoms with E-state index >= 15 is 0 Å². The molecule has 4 heterocycles. The van der Waals surface area contributed by atoms with E-state index in [1.165, 1.54) is 0 Å². The molecule has 3 aliphatic heterocycles. The molecule has 3 aromatic carbocycles. The van der Waals surface area contributed by atoms with Crippen molar-refractivity contribution < 1.29 is 33.0 Å². The molecule has 1 aliphatic carbocycles. The van der Waals surface area contributed by atoms with Gasteiger partial charge in [0.1, 0.15) is 23.9 Å². The Kier molecular flexibility index (Phi) is 12.0. The summed E-state index contributed by atoms with van der Waals surface area (Å²) in [6, 6.07) is 20.9. The van der Waals surface area contributed by atoms with Crippen molar-refractivity contribution in [2.45, 2.75) is 120 Å². The lowest BCUT2D eigenvalue weighted by molar-refractivity contribution is -0.148. The second-order valence-corrected chi connectivity index (χ2v) is 19.1. The van der Waals surface area contributed by atoms with E-state index in [1.54, 1.807) is 60.5 Å². The van der Waals surface area contributed by atoms with Gasteiger partial charge >= 0.3 is 13.5 Å². The van der Waals surface area contributed by atoms with Crippen molar-refractivity contribution in [3.63, 3.8) is 0 Å². The van der Waals surface area contributed by atoms with Crippen molar-refractivity contribution >= 4 is 42.0 Å². The van der Waals surface area contributed by atoms with Gasteiger partial charge in [-0.25, -0.2) is 5.09 Å². The van der Waals surface area contributed by atoms with E-state index in [4.69, 9.17) is 9.26 Å². The highest BCUT2D eigenvalue weighted by atomic mass is 31.2. The number of benzene rings is 3. The molecule has 4 aromatic rings. The molecule has 0 bridgehead atoms. The molecule has 14 heteroatoms. The Morgan fingerprint density at radius 2 is 1.72 bits per heavy atom. The molecular formula is C46H54N5O8P. The molecule has 316 valence electrons. The summed E-state index contributed by atoms with van der Waals surface area (Å²) in [6.07, 6.45) is 9.22. The van der Waals surface area contributed by atoms with Crippen LogP contribution in [0.15, 0.2) is 89.9 Å². The molecular weight excluding hydrogens is 782 g/mol. The SMILES string of the molecule is CCCOC(=O)[C@H](C)NP(=O)(Cc1ccc2ccc(C(=O)N[C@H]3CCCC[C@H]4CC[C@@H](C(=O)N5C[C@@H](c6cc[nH]c(=O)c6)CC56CC6)N4C3=O)cc2c1)Oc1ccccc1. The smallest absolute Gasteiger partial charge is 0.323 e. The van der Waals surface area contributed by atoms with E-state index in [0.29, 0.717) is 42.7 Å². The summed E-state index contributed by atoms with van der Waals surface area (Å²) in [5.74, 6) is -0.694. The largest absolute Gasteiger partial charge is 0.465 e. The van der Waals surface area contributed by atoms with Crippen LogP contribution in [0.4, 0.5) is 0 Å². The number of nitrogens with one attached hydrogen (secondary N) is 3. The summed E-state index contributed by atoms with van der Waals surface area (Å²) in [5, 5.41) is 7.55. The monoisotopic (exact) mass is 835 g/mol. The highest BCUT2D eigenvalue weighted by Gasteiger charge is 2.58. The van der Waals surface area contributed by atoms with E-state index < -0.39 is 37.5 Å². The highest BCUT2D eigenvalue weighted by Crippen LogP contribution is 2.54. The molecule has 6 atom stereocenters. The molecule has 13 nitrogen and oxygen atoms in total. The molecule has 60 heavy (non-hydrogen) atoms. The first-order chi connectivity index (χ1) is 28.9. The third-order valence-corrected chi connectivity index (χ3v) is 14.7. The Morgan fingerprint density at radius 3 is 2.48 bits per heavy atom. The molecule has 4 fully saturated rings. The molecule has 8 rings (SSSR count). The minimum atomic E-state index is -3.72. The van der Waals surface area contributed by atoms with Crippen LogP contribution < -0.4 is 20.5 Å². The van der Waals surface area contributed by atoms with Gasteiger partial charge in [0.2, 0.25) is 17.4 Å². The third kappa shape index (κ3) is 8.93. The van der Waals surface area contributed by atoms with E-state index in [-0.39, 0.29) is 47.6 Å². The van der Waals surface area contributed by atoms with E-state index in [1.807, 2.05) is 48.2 Å². The number of pyridine rings is 1. The molecule has 1 spiro atoms. The van der Waals surface area contributed by atoms with Crippen LogP contribution >= 0.6 is 7.52 Å². The van der Waals surface area contributed by atoms with Gasteiger partial charge in [-0.2, -0.15) is 0 Å². The Balaban J connectivity index is 0.979. The lowest BCUT2D eigenvalue weighted by Gasteiger charge is -2.37. The predicted octanol–water partition coefficient (Wildman–Crippen LogP) is 6.81. The van der Waals surface area contributed by atoms with Crippen molar-refractivity contribution in [3.05, 3.63) is 112 Å². The number of fused-ring (bicyclic) bond motifs is 2. The fraction of sp³-hybridized carbons (Fsp3) is 0.457. The molecule has 3 N–H and O–H groups in total. The summed E-state index contributed by atoms with van der Waals surface area (Å²) in [4.78, 5) is 74.2. The number of carbonyl (C=O) groups is 4. The number of hydrogen-bond acceptors (Lipinski definition) is 8. The van der Waals surface area contributed by atoms with Crippen LogP contribution in [0.1, 0.15) is 105 Å². The number of carbonyl (C=O) groups excluding carboxylic acids is 4. The first-order valence-electron chi connectivity index (χ1n) is 21.4. The summed E-state index contributed by atoms with van der Waals surface area (Å²) >= 11 is 0. The molecule has 1 unspecified atom stereocenters. The zero-order chi connectivity index (χ0) is 42.0. The van der Waals surface area contributed by atoms with Crippen molar-refractivity contribution in [1.82, 2.24) is 25.2 Å². The molecule has 3 saturated heterocycles. The fourth-order valence-corrected chi connectivity index (χ4v) is 11.5. The number of esters is 1. The van der Waals surface area contributed by atoms with Crippen LogP contribution in [0.25, 0.3) is 10.8 Å². The van der Waals surface area contributed by atoms with Gasteiger partial charge in [0, 0.05) is 41.9 Å². The number of amides is 3. The zero-order valence-corrected chi connectivity index (χ0v) is 35.2. The number of aromatic nitrogens is 1. The number of aromatic amines is 1. The Morgan fingerprint density at radius 1 is 0.933 bits per heavy atom. The van der Waals surface area contributed by atoms with Crippen LogP contribution in [0, 0.1) is 0 Å². The Labute approximate surface area is 350 Å². The van der Waals surface area contributed by atoms with Gasteiger partial charge < -0.3 is 29.4 Å². The first-order valence-corrected chi connectivity index (χ1v) is 23.2. The van der Waals surface area contributed by atoms with Crippen molar-refractivity contribution in [1.29, 1.82) is 0 Å². The quantitative estimate of drug-likeness (QED) is 0.0969. The number of H-pyrrole nitrogens is 1. The maximum absolute atomic E-state index is 14.5. The molecule has 1 saturated carbocycles. The van der Waals surface area contributed by atoms with Gasteiger partial charge in [-0.3, -0.25) is 28.5 Å². The van der Waals surface area contributed by atoms with Gasteiger partial charge in [-0.15, -0.1) is 0 Å². The summed E-state index contributed by atoms with van der Waals surface area (Å²) < 4.78 is 25.7. The van der Waals surface area contributed by atoms with Crippen molar-refractivity contribution in [2.24, 2.45) is 0 Å². The van der Waals surface area contributed by atoms with Crippen molar-refractivity contribution in [2.75, 3.05) is 13.2 Å². The second kappa shape index (κ2) is 17.4. The topological polar surface area (TPSA) is 167 Å². The van der Waals surface area contributed by atoms with Crippen LogP contribution in [0.5, 0.6) is 5.75 Å². The number of likely N-dealkylation sites (tertiary alicyclic amines) is 1. The van der Waals surface area contributed by atoms with Gasteiger partial charge in [0.25, 0.3) is 5.91 Å². The van der Waals surface area contributed by atoms with E-state index in [2.05, 4.69) is 15.4 Å². The second-order valence-electron chi connectivity index (χ2n) is 17.0. The van der Waals surface area contributed by atoms with Gasteiger partial charge in [-0.1, -0.05) is 62.2 Å². The average Bonchev–Trinajstić information content (AvgIpc) is 3.73. The Bertz CT molecular complexity index is 2370.